The Labute approximate surface area is 144 Å². The monoisotopic (exact) mass is 323 g/mol. The van der Waals surface area contributed by atoms with Crippen LogP contribution in [0.2, 0.25) is 0 Å². The number of likely N-dealkylation sites (tertiary alicyclic amines) is 1. The molecule has 1 saturated heterocycles. The van der Waals surface area contributed by atoms with Crippen molar-refractivity contribution in [2.24, 2.45) is 0 Å². The van der Waals surface area contributed by atoms with Crippen LogP contribution in [0.1, 0.15) is 30.4 Å². The van der Waals surface area contributed by atoms with Gasteiger partial charge in [-0.1, -0.05) is 30.8 Å². The molecule has 0 aliphatic carbocycles. The standard InChI is InChI=1S/C21H25NO2/c1-16(17-5-9-20(23)10-6-17)18-7-11-21(12-8-18)24-15-13-19-4-3-14-22(19)2/h5-12,19,23H,1,3-4,13-15H2,2H3/t19-/m1/s1. The van der Waals surface area contributed by atoms with Crippen LogP contribution in [0.25, 0.3) is 5.57 Å². The highest BCUT2D eigenvalue weighted by Gasteiger charge is 2.20. The van der Waals surface area contributed by atoms with Gasteiger partial charge < -0.3 is 14.7 Å². The van der Waals surface area contributed by atoms with Crippen molar-refractivity contribution >= 4 is 5.57 Å². The number of hydrogen-bond acceptors (Lipinski definition) is 3. The molecular formula is C21H25NO2. The summed E-state index contributed by atoms with van der Waals surface area (Å²) in [7, 11) is 2.20. The topological polar surface area (TPSA) is 32.7 Å². The number of benzene rings is 2. The SMILES string of the molecule is C=C(c1ccc(O)cc1)c1ccc(OCC[C@H]2CCCN2C)cc1. The maximum Gasteiger partial charge on any atom is 0.119 e. The number of hydrogen-bond donors (Lipinski definition) is 1. The summed E-state index contributed by atoms with van der Waals surface area (Å²) in [5.41, 5.74) is 3.00. The van der Waals surface area contributed by atoms with Gasteiger partial charge in [-0.05, 0) is 73.8 Å². The van der Waals surface area contributed by atoms with E-state index in [1.54, 1.807) is 12.1 Å². The highest BCUT2D eigenvalue weighted by Crippen LogP contribution is 2.25. The Morgan fingerprint density at radius 3 is 2.33 bits per heavy atom. The number of phenols is 1. The molecule has 0 spiro atoms. The predicted octanol–water partition coefficient (Wildman–Crippen LogP) is 4.32. The minimum Gasteiger partial charge on any atom is -0.508 e. The van der Waals surface area contributed by atoms with Crippen LogP contribution in [0.5, 0.6) is 11.5 Å². The van der Waals surface area contributed by atoms with Crippen molar-refractivity contribution in [1.29, 1.82) is 0 Å². The average molecular weight is 323 g/mol. The second kappa shape index (κ2) is 7.54. The van der Waals surface area contributed by atoms with E-state index in [9.17, 15) is 5.11 Å². The minimum absolute atomic E-state index is 0.267. The Bertz CT molecular complexity index is 676. The molecule has 0 saturated carbocycles. The maximum absolute atomic E-state index is 9.37. The van der Waals surface area contributed by atoms with Crippen LogP contribution in [0.15, 0.2) is 55.1 Å². The van der Waals surface area contributed by atoms with Gasteiger partial charge in [-0.25, -0.2) is 0 Å². The van der Waals surface area contributed by atoms with Crippen LogP contribution in [-0.2, 0) is 0 Å². The molecular weight excluding hydrogens is 298 g/mol. The fraction of sp³-hybridized carbons (Fsp3) is 0.333. The first-order valence-corrected chi connectivity index (χ1v) is 8.55. The lowest BCUT2D eigenvalue weighted by atomic mass is 9.99. The van der Waals surface area contributed by atoms with Crippen molar-refractivity contribution in [2.75, 3.05) is 20.2 Å². The Balaban J connectivity index is 1.55. The summed E-state index contributed by atoms with van der Waals surface area (Å²) in [6.07, 6.45) is 3.67. The summed E-state index contributed by atoms with van der Waals surface area (Å²) in [5, 5.41) is 9.37. The van der Waals surface area contributed by atoms with Gasteiger partial charge >= 0.3 is 0 Å². The van der Waals surface area contributed by atoms with E-state index in [0.29, 0.717) is 6.04 Å². The lowest BCUT2D eigenvalue weighted by Gasteiger charge is -2.19. The Morgan fingerprint density at radius 1 is 1.12 bits per heavy atom. The zero-order chi connectivity index (χ0) is 16.9. The highest BCUT2D eigenvalue weighted by atomic mass is 16.5. The first kappa shape index (κ1) is 16.6. The molecule has 1 N–H and O–H groups in total. The van der Waals surface area contributed by atoms with Gasteiger partial charge in [-0.15, -0.1) is 0 Å². The summed E-state index contributed by atoms with van der Waals surface area (Å²) in [4.78, 5) is 2.42. The van der Waals surface area contributed by atoms with E-state index in [1.165, 1.54) is 19.4 Å². The first-order chi connectivity index (χ1) is 11.6. The van der Waals surface area contributed by atoms with E-state index in [0.717, 1.165) is 35.5 Å². The molecule has 3 heteroatoms. The molecule has 2 aromatic rings. The second-order valence-electron chi connectivity index (χ2n) is 6.46. The molecule has 0 bridgehead atoms. The predicted molar refractivity (Wildman–Crippen MR) is 98.4 cm³/mol. The van der Waals surface area contributed by atoms with Crippen molar-refractivity contribution in [3.8, 4) is 11.5 Å². The van der Waals surface area contributed by atoms with Gasteiger partial charge in [-0.3, -0.25) is 0 Å². The second-order valence-corrected chi connectivity index (χ2v) is 6.46. The van der Waals surface area contributed by atoms with Crippen molar-refractivity contribution in [3.05, 3.63) is 66.2 Å². The van der Waals surface area contributed by atoms with Crippen LogP contribution in [0.3, 0.4) is 0 Å². The van der Waals surface area contributed by atoms with Crippen molar-refractivity contribution in [3.63, 3.8) is 0 Å². The number of aromatic hydroxyl groups is 1. The average Bonchev–Trinajstić information content (AvgIpc) is 3.01. The Morgan fingerprint density at radius 2 is 1.75 bits per heavy atom. The van der Waals surface area contributed by atoms with Crippen LogP contribution in [-0.4, -0.2) is 36.2 Å². The molecule has 0 unspecified atom stereocenters. The Kier molecular flexibility index (Phi) is 5.21. The molecule has 2 aromatic carbocycles. The van der Waals surface area contributed by atoms with Crippen molar-refractivity contribution in [1.82, 2.24) is 4.90 Å². The summed E-state index contributed by atoms with van der Waals surface area (Å²) in [5.74, 6) is 1.17. The summed E-state index contributed by atoms with van der Waals surface area (Å²) in [6, 6.07) is 15.8. The molecule has 1 heterocycles. The van der Waals surface area contributed by atoms with Crippen molar-refractivity contribution in [2.45, 2.75) is 25.3 Å². The normalized spacial score (nSPS) is 17.8. The van der Waals surface area contributed by atoms with E-state index in [1.807, 2.05) is 36.4 Å². The number of phenolic OH excluding ortho intramolecular Hbond substituents is 1. The van der Waals surface area contributed by atoms with Crippen molar-refractivity contribution < 1.29 is 9.84 Å². The highest BCUT2D eigenvalue weighted by molar-refractivity contribution is 5.78. The summed E-state index contributed by atoms with van der Waals surface area (Å²) < 4.78 is 5.88. The molecule has 1 atom stereocenters. The van der Waals surface area contributed by atoms with E-state index in [-0.39, 0.29) is 5.75 Å². The molecule has 3 rings (SSSR count). The molecule has 1 aliphatic heterocycles. The van der Waals surface area contributed by atoms with Gasteiger partial charge in [0, 0.05) is 6.04 Å². The van der Waals surface area contributed by atoms with Gasteiger partial charge in [0.1, 0.15) is 11.5 Å². The molecule has 0 aromatic heterocycles. The first-order valence-electron chi connectivity index (χ1n) is 8.55. The molecule has 0 radical (unpaired) electrons. The molecule has 1 aliphatic rings. The molecule has 1 fully saturated rings. The van der Waals surface area contributed by atoms with E-state index >= 15 is 0 Å². The summed E-state index contributed by atoms with van der Waals surface area (Å²) in [6.45, 7) is 6.11. The molecule has 126 valence electrons. The van der Waals surface area contributed by atoms with Gasteiger partial charge in [0.25, 0.3) is 0 Å². The van der Waals surface area contributed by atoms with Gasteiger partial charge in [0.2, 0.25) is 0 Å². The van der Waals surface area contributed by atoms with E-state index in [4.69, 9.17) is 4.74 Å². The third-order valence-corrected chi connectivity index (χ3v) is 4.81. The fourth-order valence-corrected chi connectivity index (χ4v) is 3.24. The number of ether oxygens (including phenoxy) is 1. The van der Waals surface area contributed by atoms with Gasteiger partial charge in [0.05, 0.1) is 6.61 Å². The molecule has 0 amide bonds. The van der Waals surface area contributed by atoms with Crippen LogP contribution >= 0.6 is 0 Å². The van der Waals surface area contributed by atoms with Gasteiger partial charge in [0.15, 0.2) is 0 Å². The Hall–Kier alpha value is -2.26. The lowest BCUT2D eigenvalue weighted by Crippen LogP contribution is -2.26. The largest absolute Gasteiger partial charge is 0.508 e. The maximum atomic E-state index is 9.37. The van der Waals surface area contributed by atoms with E-state index < -0.39 is 0 Å². The van der Waals surface area contributed by atoms with Gasteiger partial charge in [-0.2, -0.15) is 0 Å². The zero-order valence-corrected chi connectivity index (χ0v) is 14.2. The number of rotatable bonds is 6. The molecule has 24 heavy (non-hydrogen) atoms. The minimum atomic E-state index is 0.267. The quantitative estimate of drug-likeness (QED) is 0.859. The zero-order valence-electron chi connectivity index (χ0n) is 14.2. The van der Waals surface area contributed by atoms with E-state index in [2.05, 4.69) is 18.5 Å². The third-order valence-electron chi connectivity index (χ3n) is 4.81. The van der Waals surface area contributed by atoms with Crippen LogP contribution in [0, 0.1) is 0 Å². The summed E-state index contributed by atoms with van der Waals surface area (Å²) >= 11 is 0. The smallest absolute Gasteiger partial charge is 0.119 e. The lowest BCUT2D eigenvalue weighted by molar-refractivity contribution is 0.233. The van der Waals surface area contributed by atoms with Crippen LogP contribution in [0.4, 0.5) is 0 Å². The van der Waals surface area contributed by atoms with Crippen LogP contribution < -0.4 is 4.74 Å². The fourth-order valence-electron chi connectivity index (χ4n) is 3.24. The third kappa shape index (κ3) is 3.98. The molecule has 3 nitrogen and oxygen atoms in total. The number of nitrogens with zero attached hydrogens (tertiary/aromatic N) is 1.